The first-order chi connectivity index (χ1) is 9.68. The predicted molar refractivity (Wildman–Crippen MR) is 94.3 cm³/mol. The minimum absolute atomic E-state index is 0.725. The molecule has 1 atom stereocenters. The lowest BCUT2D eigenvalue weighted by Crippen LogP contribution is -1.94. The van der Waals surface area contributed by atoms with Crippen LogP contribution in [0.25, 0.3) is 0 Å². The van der Waals surface area contributed by atoms with E-state index in [4.69, 9.17) is 0 Å². The van der Waals surface area contributed by atoms with Crippen molar-refractivity contribution in [2.24, 2.45) is 5.92 Å². The van der Waals surface area contributed by atoms with Crippen LogP contribution in [0.15, 0.2) is 12.2 Å². The molecule has 0 radical (unpaired) electrons. The molecule has 0 rings (SSSR count). The van der Waals surface area contributed by atoms with E-state index in [0.29, 0.717) is 0 Å². The fourth-order valence-electron chi connectivity index (χ4n) is 2.71. The zero-order chi connectivity index (χ0) is 15.1. The highest BCUT2D eigenvalue weighted by Crippen LogP contribution is 2.17. The molecule has 0 heteroatoms. The molecule has 1 unspecified atom stereocenters. The summed E-state index contributed by atoms with van der Waals surface area (Å²) in [5.41, 5.74) is 1.35. The number of hydrogen-bond acceptors (Lipinski definition) is 0. The van der Waals surface area contributed by atoms with Crippen LogP contribution in [0.5, 0.6) is 0 Å². The van der Waals surface area contributed by atoms with Crippen LogP contribution in [-0.2, 0) is 0 Å². The zero-order valence-corrected chi connectivity index (χ0v) is 14.7. The Morgan fingerprint density at radius 2 is 1.05 bits per heavy atom. The Hall–Kier alpha value is -0.260. The van der Waals surface area contributed by atoms with Gasteiger partial charge in [0.1, 0.15) is 0 Å². The standard InChI is InChI=1S/C20H40/c1-5-6-7-8-9-10-11-12-13-14-15-16-17-18-20(4)19(2)3/h20H,2,5-18H2,1,3-4H3. The molecule has 0 aromatic heterocycles. The maximum atomic E-state index is 4.04. The van der Waals surface area contributed by atoms with Gasteiger partial charge in [-0.05, 0) is 19.3 Å². The van der Waals surface area contributed by atoms with Gasteiger partial charge in [-0.2, -0.15) is 0 Å². The van der Waals surface area contributed by atoms with Crippen LogP contribution in [-0.4, -0.2) is 0 Å². The Labute approximate surface area is 129 Å². The van der Waals surface area contributed by atoms with Crippen molar-refractivity contribution < 1.29 is 0 Å². The van der Waals surface area contributed by atoms with E-state index in [1.807, 2.05) is 0 Å². The van der Waals surface area contributed by atoms with Gasteiger partial charge in [-0.25, -0.2) is 0 Å². The molecule has 120 valence electrons. The molecular weight excluding hydrogens is 240 g/mol. The minimum Gasteiger partial charge on any atom is -0.0999 e. The third kappa shape index (κ3) is 14.2. The average molecular weight is 281 g/mol. The van der Waals surface area contributed by atoms with Gasteiger partial charge in [0.2, 0.25) is 0 Å². The molecule has 0 aliphatic carbocycles. The van der Waals surface area contributed by atoms with Crippen molar-refractivity contribution in [2.45, 2.75) is 111 Å². The lowest BCUT2D eigenvalue weighted by molar-refractivity contribution is 0.513. The Balaban J connectivity index is 3.04. The summed E-state index contributed by atoms with van der Waals surface area (Å²) >= 11 is 0. The minimum atomic E-state index is 0.725. The van der Waals surface area contributed by atoms with Crippen LogP contribution in [0.1, 0.15) is 111 Å². The lowest BCUT2D eigenvalue weighted by Gasteiger charge is -2.10. The van der Waals surface area contributed by atoms with Crippen LogP contribution in [0, 0.1) is 5.92 Å². The van der Waals surface area contributed by atoms with Crippen LogP contribution in [0.3, 0.4) is 0 Å². The summed E-state index contributed by atoms with van der Waals surface area (Å²) in [5.74, 6) is 0.725. The predicted octanol–water partition coefficient (Wildman–Crippen LogP) is 7.68. The van der Waals surface area contributed by atoms with E-state index >= 15 is 0 Å². The Morgan fingerprint density at radius 1 is 0.700 bits per heavy atom. The van der Waals surface area contributed by atoms with Gasteiger partial charge in [-0.3, -0.25) is 0 Å². The quantitative estimate of drug-likeness (QED) is 0.213. The molecule has 0 aromatic rings. The summed E-state index contributed by atoms with van der Waals surface area (Å²) < 4.78 is 0. The lowest BCUT2D eigenvalue weighted by atomic mass is 9.96. The number of allylic oxidation sites excluding steroid dienone is 1. The molecule has 20 heavy (non-hydrogen) atoms. The SMILES string of the molecule is C=C(C)C(C)CCCCCCCCCCCCCCC. The summed E-state index contributed by atoms with van der Waals surface area (Å²) in [6.07, 6.45) is 20.1. The third-order valence-corrected chi connectivity index (χ3v) is 4.58. The molecule has 0 amide bonds. The van der Waals surface area contributed by atoms with Gasteiger partial charge in [0.15, 0.2) is 0 Å². The second kappa shape index (κ2) is 15.1. The van der Waals surface area contributed by atoms with E-state index in [-0.39, 0.29) is 0 Å². The number of hydrogen-bond donors (Lipinski definition) is 0. The summed E-state index contributed by atoms with van der Waals surface area (Å²) in [5, 5.41) is 0. The molecule has 0 saturated heterocycles. The van der Waals surface area contributed by atoms with Crippen molar-refractivity contribution >= 4 is 0 Å². The maximum Gasteiger partial charge on any atom is -0.0237 e. The highest BCUT2D eigenvalue weighted by molar-refractivity contribution is 4.93. The van der Waals surface area contributed by atoms with Crippen molar-refractivity contribution in [3.8, 4) is 0 Å². The first-order valence-electron chi connectivity index (χ1n) is 9.33. The maximum absolute atomic E-state index is 4.04. The third-order valence-electron chi connectivity index (χ3n) is 4.58. The largest absolute Gasteiger partial charge is 0.0999 e. The molecule has 0 saturated carbocycles. The van der Waals surface area contributed by atoms with Gasteiger partial charge in [-0.15, -0.1) is 0 Å². The fraction of sp³-hybridized carbons (Fsp3) is 0.900. The Kier molecular flexibility index (Phi) is 14.9. The van der Waals surface area contributed by atoms with Gasteiger partial charge in [0, 0.05) is 0 Å². The summed E-state index contributed by atoms with van der Waals surface area (Å²) in [7, 11) is 0. The van der Waals surface area contributed by atoms with Crippen molar-refractivity contribution in [2.75, 3.05) is 0 Å². The summed E-state index contributed by atoms with van der Waals surface area (Å²) in [6, 6.07) is 0. The molecule has 0 N–H and O–H groups in total. The van der Waals surface area contributed by atoms with E-state index in [1.54, 1.807) is 0 Å². The number of unbranched alkanes of at least 4 members (excludes halogenated alkanes) is 12. The van der Waals surface area contributed by atoms with E-state index in [1.165, 1.54) is 95.5 Å². The van der Waals surface area contributed by atoms with Gasteiger partial charge < -0.3 is 0 Å². The molecule has 0 fully saturated rings. The second-order valence-electron chi connectivity index (χ2n) is 6.78. The summed E-state index contributed by atoms with van der Waals surface area (Å²) in [4.78, 5) is 0. The van der Waals surface area contributed by atoms with E-state index in [9.17, 15) is 0 Å². The highest BCUT2D eigenvalue weighted by Gasteiger charge is 2.01. The average Bonchev–Trinajstić information content (AvgIpc) is 2.43. The first kappa shape index (κ1) is 19.7. The van der Waals surface area contributed by atoms with Crippen molar-refractivity contribution in [1.29, 1.82) is 0 Å². The smallest absolute Gasteiger partial charge is 0.0237 e. The zero-order valence-electron chi connectivity index (χ0n) is 14.7. The van der Waals surface area contributed by atoms with Gasteiger partial charge in [-0.1, -0.05) is 109 Å². The van der Waals surface area contributed by atoms with Crippen LogP contribution >= 0.6 is 0 Å². The topological polar surface area (TPSA) is 0 Å². The van der Waals surface area contributed by atoms with E-state index in [0.717, 1.165) is 5.92 Å². The molecule has 0 bridgehead atoms. The molecule has 0 heterocycles. The monoisotopic (exact) mass is 280 g/mol. The van der Waals surface area contributed by atoms with Crippen LogP contribution < -0.4 is 0 Å². The van der Waals surface area contributed by atoms with Gasteiger partial charge >= 0.3 is 0 Å². The molecular formula is C20H40. The fourth-order valence-corrected chi connectivity index (χ4v) is 2.71. The normalized spacial score (nSPS) is 12.6. The summed E-state index contributed by atoms with van der Waals surface area (Å²) in [6.45, 7) is 10.8. The van der Waals surface area contributed by atoms with E-state index in [2.05, 4.69) is 27.4 Å². The van der Waals surface area contributed by atoms with Gasteiger partial charge in [0.05, 0.1) is 0 Å². The highest BCUT2D eigenvalue weighted by atomic mass is 14.1. The van der Waals surface area contributed by atoms with E-state index < -0.39 is 0 Å². The number of rotatable bonds is 15. The molecule has 0 aliphatic rings. The Bertz CT molecular complexity index is 204. The van der Waals surface area contributed by atoms with Crippen LogP contribution in [0.4, 0.5) is 0 Å². The van der Waals surface area contributed by atoms with Crippen LogP contribution in [0.2, 0.25) is 0 Å². The molecule has 0 spiro atoms. The Morgan fingerprint density at radius 3 is 1.40 bits per heavy atom. The van der Waals surface area contributed by atoms with Crippen molar-refractivity contribution in [3.63, 3.8) is 0 Å². The first-order valence-corrected chi connectivity index (χ1v) is 9.33. The van der Waals surface area contributed by atoms with Gasteiger partial charge in [0.25, 0.3) is 0 Å². The molecule has 0 aromatic carbocycles. The second-order valence-corrected chi connectivity index (χ2v) is 6.78. The van der Waals surface area contributed by atoms with Crippen molar-refractivity contribution in [1.82, 2.24) is 0 Å². The molecule has 0 aliphatic heterocycles. The van der Waals surface area contributed by atoms with Crippen molar-refractivity contribution in [3.05, 3.63) is 12.2 Å². The molecule has 0 nitrogen and oxygen atoms in total.